The normalized spacial score (nSPS) is 22.4. The fourth-order valence-electron chi connectivity index (χ4n) is 2.60. The van der Waals surface area contributed by atoms with Gasteiger partial charge in [-0.3, -0.25) is 10.1 Å². The topological polar surface area (TPSA) is 64.4 Å². The average molecular weight is 264 g/mol. The van der Waals surface area contributed by atoms with Gasteiger partial charge in [-0.15, -0.1) is 0 Å². The molecule has 0 aromatic heterocycles. The Balaban J connectivity index is 2.01. The van der Waals surface area contributed by atoms with Crippen molar-refractivity contribution in [2.24, 2.45) is 5.92 Å². The van der Waals surface area contributed by atoms with Crippen molar-refractivity contribution in [2.45, 2.75) is 32.8 Å². The molecule has 2 unspecified atom stereocenters. The molecule has 0 bridgehead atoms. The first-order valence-electron chi connectivity index (χ1n) is 6.71. The van der Waals surface area contributed by atoms with E-state index >= 15 is 0 Å². The van der Waals surface area contributed by atoms with E-state index in [2.05, 4.69) is 12.2 Å². The van der Waals surface area contributed by atoms with Crippen molar-refractivity contribution in [3.63, 3.8) is 0 Å². The lowest BCUT2D eigenvalue weighted by atomic mass is 9.99. The van der Waals surface area contributed by atoms with Crippen LogP contribution >= 0.6 is 0 Å². The van der Waals surface area contributed by atoms with Gasteiger partial charge in [0.2, 0.25) is 0 Å². The molecule has 2 rings (SSSR count). The highest BCUT2D eigenvalue weighted by Gasteiger charge is 2.26. The van der Waals surface area contributed by atoms with Gasteiger partial charge in [0.05, 0.1) is 11.0 Å². The summed E-state index contributed by atoms with van der Waals surface area (Å²) >= 11 is 0. The minimum absolute atomic E-state index is 0.136. The molecule has 1 aliphatic heterocycles. The number of anilines is 1. The van der Waals surface area contributed by atoms with Crippen LogP contribution in [-0.4, -0.2) is 24.2 Å². The van der Waals surface area contributed by atoms with Crippen LogP contribution in [0.1, 0.15) is 25.3 Å². The van der Waals surface area contributed by atoms with Crippen LogP contribution in [0.25, 0.3) is 0 Å². The summed E-state index contributed by atoms with van der Waals surface area (Å²) in [5, 5.41) is 14.1. The van der Waals surface area contributed by atoms with Gasteiger partial charge in [0.1, 0.15) is 0 Å². The number of hydrogen-bond donors (Lipinski definition) is 1. The number of nitro groups is 1. The molecule has 104 valence electrons. The molecule has 0 spiro atoms. The summed E-state index contributed by atoms with van der Waals surface area (Å²) in [6.45, 7) is 5.62. The molecular formula is C14H20N2O3. The molecule has 1 aliphatic rings. The third kappa shape index (κ3) is 3.44. The number of hydrogen-bond acceptors (Lipinski definition) is 4. The molecule has 0 aliphatic carbocycles. The lowest BCUT2D eigenvalue weighted by Gasteiger charge is -2.18. The Hall–Kier alpha value is -1.62. The van der Waals surface area contributed by atoms with E-state index in [1.54, 1.807) is 12.1 Å². The highest BCUT2D eigenvalue weighted by Crippen LogP contribution is 2.25. The summed E-state index contributed by atoms with van der Waals surface area (Å²) in [5.41, 5.74) is 1.84. The minimum atomic E-state index is -0.355. The lowest BCUT2D eigenvalue weighted by molar-refractivity contribution is -0.384. The van der Waals surface area contributed by atoms with Crippen LogP contribution in [-0.2, 0) is 4.74 Å². The number of nitro benzene ring substituents is 1. The fourth-order valence-corrected chi connectivity index (χ4v) is 2.60. The van der Waals surface area contributed by atoms with Crippen LogP contribution < -0.4 is 5.32 Å². The summed E-state index contributed by atoms with van der Waals surface area (Å²) in [7, 11) is 0. The van der Waals surface area contributed by atoms with Gasteiger partial charge in [-0.1, -0.05) is 6.92 Å². The molecule has 1 N–H and O–H groups in total. The zero-order valence-electron chi connectivity index (χ0n) is 11.4. The van der Waals surface area contributed by atoms with Gasteiger partial charge in [-0.2, -0.15) is 0 Å². The Morgan fingerprint density at radius 1 is 1.47 bits per heavy atom. The van der Waals surface area contributed by atoms with E-state index in [-0.39, 0.29) is 10.6 Å². The first-order chi connectivity index (χ1) is 9.10. The SMILES string of the molecule is CCC1OCCC1CNc1cc(C)cc([N+](=O)[O-])c1. The quantitative estimate of drug-likeness (QED) is 0.655. The van der Waals surface area contributed by atoms with E-state index in [0.717, 1.165) is 37.2 Å². The second-order valence-electron chi connectivity index (χ2n) is 5.06. The van der Waals surface area contributed by atoms with Gasteiger partial charge < -0.3 is 10.1 Å². The maximum Gasteiger partial charge on any atom is 0.271 e. The molecule has 1 fully saturated rings. The van der Waals surface area contributed by atoms with E-state index in [0.29, 0.717) is 12.0 Å². The van der Waals surface area contributed by atoms with E-state index in [9.17, 15) is 10.1 Å². The monoisotopic (exact) mass is 264 g/mol. The van der Waals surface area contributed by atoms with E-state index < -0.39 is 0 Å². The van der Waals surface area contributed by atoms with Gasteiger partial charge in [-0.25, -0.2) is 0 Å². The van der Waals surface area contributed by atoms with Crippen LogP contribution in [0.5, 0.6) is 0 Å². The third-order valence-corrected chi connectivity index (χ3v) is 3.59. The third-order valence-electron chi connectivity index (χ3n) is 3.59. The Labute approximate surface area is 113 Å². The smallest absolute Gasteiger partial charge is 0.271 e. The van der Waals surface area contributed by atoms with Crippen LogP contribution in [0.3, 0.4) is 0 Å². The van der Waals surface area contributed by atoms with Crippen molar-refractivity contribution in [3.8, 4) is 0 Å². The van der Waals surface area contributed by atoms with Crippen LogP contribution in [0, 0.1) is 23.0 Å². The van der Waals surface area contributed by atoms with Crippen molar-refractivity contribution in [3.05, 3.63) is 33.9 Å². The van der Waals surface area contributed by atoms with Gasteiger partial charge in [0, 0.05) is 36.9 Å². The maximum absolute atomic E-state index is 10.8. The minimum Gasteiger partial charge on any atom is -0.384 e. The van der Waals surface area contributed by atoms with E-state index in [1.165, 1.54) is 0 Å². The standard InChI is InChI=1S/C14H20N2O3/c1-3-14-11(4-5-19-14)9-15-12-6-10(2)7-13(8-12)16(17)18/h6-8,11,14-15H,3-5,9H2,1-2H3. The fraction of sp³-hybridized carbons (Fsp3) is 0.571. The predicted octanol–water partition coefficient (Wildman–Crippen LogP) is 3.13. The van der Waals surface area contributed by atoms with Gasteiger partial charge in [0.25, 0.3) is 5.69 Å². The summed E-state index contributed by atoms with van der Waals surface area (Å²) in [4.78, 5) is 10.5. The summed E-state index contributed by atoms with van der Waals surface area (Å²) in [6.07, 6.45) is 2.38. The van der Waals surface area contributed by atoms with Crippen LogP contribution in [0.2, 0.25) is 0 Å². The van der Waals surface area contributed by atoms with Crippen molar-refractivity contribution < 1.29 is 9.66 Å². The number of benzene rings is 1. The molecule has 2 atom stereocenters. The molecule has 0 saturated carbocycles. The summed E-state index contributed by atoms with van der Waals surface area (Å²) in [5.74, 6) is 0.490. The second kappa shape index (κ2) is 6.02. The van der Waals surface area contributed by atoms with Crippen molar-refractivity contribution in [1.29, 1.82) is 0 Å². The number of nitrogens with zero attached hydrogens (tertiary/aromatic N) is 1. The molecule has 5 heteroatoms. The van der Waals surface area contributed by atoms with Gasteiger partial charge in [-0.05, 0) is 31.4 Å². The highest BCUT2D eigenvalue weighted by molar-refractivity contribution is 5.53. The Kier molecular flexibility index (Phi) is 4.37. The molecule has 0 amide bonds. The Bertz CT molecular complexity index is 462. The Morgan fingerprint density at radius 3 is 2.95 bits per heavy atom. The second-order valence-corrected chi connectivity index (χ2v) is 5.06. The molecule has 19 heavy (non-hydrogen) atoms. The first-order valence-corrected chi connectivity index (χ1v) is 6.71. The summed E-state index contributed by atoms with van der Waals surface area (Å²) < 4.78 is 5.64. The maximum atomic E-state index is 10.8. The molecule has 5 nitrogen and oxygen atoms in total. The van der Waals surface area contributed by atoms with Crippen molar-refractivity contribution >= 4 is 11.4 Å². The summed E-state index contributed by atoms with van der Waals surface area (Å²) in [6, 6.07) is 5.10. The Morgan fingerprint density at radius 2 is 2.26 bits per heavy atom. The largest absolute Gasteiger partial charge is 0.384 e. The van der Waals surface area contributed by atoms with Crippen LogP contribution in [0.15, 0.2) is 18.2 Å². The number of nitrogens with one attached hydrogen (secondary N) is 1. The lowest BCUT2D eigenvalue weighted by Crippen LogP contribution is -2.22. The van der Waals surface area contributed by atoms with Gasteiger partial charge >= 0.3 is 0 Å². The molecule has 1 aromatic rings. The number of non-ortho nitro benzene ring substituents is 1. The van der Waals surface area contributed by atoms with Gasteiger partial charge in [0.15, 0.2) is 0 Å². The zero-order chi connectivity index (χ0) is 13.8. The van der Waals surface area contributed by atoms with Crippen LogP contribution in [0.4, 0.5) is 11.4 Å². The average Bonchev–Trinajstić information content (AvgIpc) is 2.83. The molecular weight excluding hydrogens is 244 g/mol. The molecule has 1 saturated heterocycles. The molecule has 0 radical (unpaired) electrons. The molecule has 1 heterocycles. The molecule has 1 aromatic carbocycles. The van der Waals surface area contributed by atoms with Crippen molar-refractivity contribution in [1.82, 2.24) is 0 Å². The van der Waals surface area contributed by atoms with E-state index in [4.69, 9.17) is 4.74 Å². The zero-order valence-corrected chi connectivity index (χ0v) is 11.4. The highest BCUT2D eigenvalue weighted by atomic mass is 16.6. The number of ether oxygens (including phenoxy) is 1. The number of rotatable bonds is 5. The van der Waals surface area contributed by atoms with Crippen molar-refractivity contribution in [2.75, 3.05) is 18.5 Å². The van der Waals surface area contributed by atoms with E-state index in [1.807, 2.05) is 13.0 Å². The number of aryl methyl sites for hydroxylation is 1. The first kappa shape index (κ1) is 13.8. The predicted molar refractivity (Wildman–Crippen MR) is 74.5 cm³/mol.